The number of hydrogen-bond donors (Lipinski definition) is 1. The molecule has 2 rings (SSSR count). The SMILES string of the molecule is Cc1[nH]c(=O)c(C#N)c(C)c1CCC(=O)N(C)Cc1ccccc1Br. The van der Waals surface area contributed by atoms with Crippen molar-refractivity contribution < 1.29 is 4.79 Å². The Bertz CT molecular complexity index is 897. The molecule has 0 unspecified atom stereocenters. The van der Waals surface area contributed by atoms with Crippen LogP contribution in [0.2, 0.25) is 0 Å². The highest BCUT2D eigenvalue weighted by atomic mass is 79.9. The first-order chi connectivity index (χ1) is 11.8. The zero-order chi connectivity index (χ0) is 18.6. The van der Waals surface area contributed by atoms with Crippen LogP contribution in [0.15, 0.2) is 33.5 Å². The van der Waals surface area contributed by atoms with Crippen molar-refractivity contribution in [2.45, 2.75) is 33.2 Å². The number of pyridine rings is 1. The number of nitriles is 1. The lowest BCUT2D eigenvalue weighted by atomic mass is 9.99. The molecule has 0 spiro atoms. The second-order valence-electron chi connectivity index (χ2n) is 6.01. The number of carbonyl (C=O) groups is 1. The van der Waals surface area contributed by atoms with Gasteiger partial charge in [0.1, 0.15) is 11.6 Å². The number of amides is 1. The number of H-pyrrole nitrogens is 1. The summed E-state index contributed by atoms with van der Waals surface area (Å²) in [6, 6.07) is 9.73. The molecule has 0 bridgehead atoms. The quantitative estimate of drug-likeness (QED) is 0.835. The number of nitrogens with zero attached hydrogens (tertiary/aromatic N) is 2. The van der Waals surface area contributed by atoms with Crippen molar-refractivity contribution in [1.29, 1.82) is 5.26 Å². The van der Waals surface area contributed by atoms with E-state index < -0.39 is 0 Å². The molecule has 0 aliphatic rings. The Morgan fingerprint density at radius 1 is 1.32 bits per heavy atom. The summed E-state index contributed by atoms with van der Waals surface area (Å²) in [4.78, 5) is 28.6. The minimum absolute atomic E-state index is 0.0132. The molecule has 0 radical (unpaired) electrons. The summed E-state index contributed by atoms with van der Waals surface area (Å²) < 4.78 is 0.973. The molecular weight excluding hydrogens is 382 g/mol. The summed E-state index contributed by atoms with van der Waals surface area (Å²) in [5.74, 6) is 0.0132. The standard InChI is InChI=1S/C19H20BrN3O2/c1-12-15(13(2)22-19(25)16(12)10-21)8-9-18(24)23(3)11-14-6-4-5-7-17(14)20/h4-7H,8-9,11H2,1-3H3,(H,22,25). The van der Waals surface area contributed by atoms with Crippen LogP contribution in [-0.4, -0.2) is 22.8 Å². The number of rotatable bonds is 5. The predicted octanol–water partition coefficient (Wildman–Crippen LogP) is 3.22. The van der Waals surface area contributed by atoms with Crippen LogP contribution in [0.3, 0.4) is 0 Å². The van der Waals surface area contributed by atoms with Gasteiger partial charge >= 0.3 is 0 Å². The second kappa shape index (κ2) is 8.13. The normalized spacial score (nSPS) is 10.4. The monoisotopic (exact) mass is 401 g/mol. The van der Waals surface area contributed by atoms with Crippen LogP contribution in [0.4, 0.5) is 0 Å². The molecule has 1 aromatic carbocycles. The third-order valence-corrected chi connectivity index (χ3v) is 5.07. The fourth-order valence-corrected chi connectivity index (χ4v) is 3.22. The minimum Gasteiger partial charge on any atom is -0.341 e. The third kappa shape index (κ3) is 4.37. The Hall–Kier alpha value is -2.39. The zero-order valence-corrected chi connectivity index (χ0v) is 16.1. The maximum Gasteiger partial charge on any atom is 0.266 e. The van der Waals surface area contributed by atoms with Crippen LogP contribution in [0.5, 0.6) is 0 Å². The highest BCUT2D eigenvalue weighted by molar-refractivity contribution is 9.10. The van der Waals surface area contributed by atoms with Gasteiger partial charge in [0.2, 0.25) is 5.91 Å². The molecule has 0 aliphatic heterocycles. The fraction of sp³-hybridized carbons (Fsp3) is 0.316. The van der Waals surface area contributed by atoms with Gasteiger partial charge in [0.15, 0.2) is 0 Å². The lowest BCUT2D eigenvalue weighted by Gasteiger charge is -2.19. The molecule has 1 aromatic heterocycles. The van der Waals surface area contributed by atoms with Crippen LogP contribution >= 0.6 is 15.9 Å². The van der Waals surface area contributed by atoms with Crippen molar-refractivity contribution >= 4 is 21.8 Å². The molecule has 130 valence electrons. The van der Waals surface area contributed by atoms with Crippen molar-refractivity contribution in [3.63, 3.8) is 0 Å². The zero-order valence-electron chi connectivity index (χ0n) is 14.5. The van der Waals surface area contributed by atoms with E-state index in [2.05, 4.69) is 20.9 Å². The van der Waals surface area contributed by atoms with E-state index in [1.807, 2.05) is 30.3 Å². The first kappa shape index (κ1) is 18.9. The second-order valence-corrected chi connectivity index (χ2v) is 6.87. The summed E-state index contributed by atoms with van der Waals surface area (Å²) in [5.41, 5.74) is 3.02. The summed E-state index contributed by atoms with van der Waals surface area (Å²) in [6.07, 6.45) is 0.807. The van der Waals surface area contributed by atoms with E-state index in [0.717, 1.165) is 15.6 Å². The molecule has 1 heterocycles. The number of aromatic nitrogens is 1. The van der Waals surface area contributed by atoms with Gasteiger partial charge in [-0.25, -0.2) is 0 Å². The van der Waals surface area contributed by atoms with Gasteiger partial charge in [-0.1, -0.05) is 34.1 Å². The van der Waals surface area contributed by atoms with Crippen LogP contribution in [0.25, 0.3) is 0 Å². The average Bonchev–Trinajstić information content (AvgIpc) is 2.56. The number of nitrogens with one attached hydrogen (secondary N) is 1. The van der Waals surface area contributed by atoms with Crippen LogP contribution in [0, 0.1) is 25.2 Å². The van der Waals surface area contributed by atoms with Gasteiger partial charge in [-0.3, -0.25) is 9.59 Å². The molecule has 0 saturated heterocycles. The number of carbonyl (C=O) groups excluding carboxylic acids is 1. The van der Waals surface area contributed by atoms with Crippen molar-refractivity contribution in [3.8, 4) is 6.07 Å². The molecule has 2 aromatic rings. The molecule has 1 N–H and O–H groups in total. The van der Waals surface area contributed by atoms with Gasteiger partial charge in [-0.05, 0) is 43.0 Å². The van der Waals surface area contributed by atoms with Gasteiger partial charge < -0.3 is 9.88 Å². The topological polar surface area (TPSA) is 77.0 Å². The molecule has 0 saturated carbocycles. The van der Waals surface area contributed by atoms with Crippen LogP contribution in [0.1, 0.15) is 34.4 Å². The minimum atomic E-state index is -0.376. The number of hydrogen-bond acceptors (Lipinski definition) is 3. The van der Waals surface area contributed by atoms with E-state index in [0.29, 0.717) is 30.6 Å². The van der Waals surface area contributed by atoms with Gasteiger partial charge in [-0.15, -0.1) is 0 Å². The van der Waals surface area contributed by atoms with Crippen molar-refractivity contribution in [2.24, 2.45) is 0 Å². The smallest absolute Gasteiger partial charge is 0.266 e. The van der Waals surface area contributed by atoms with E-state index in [-0.39, 0.29) is 17.0 Å². The Morgan fingerprint density at radius 3 is 2.64 bits per heavy atom. The number of aromatic amines is 1. The predicted molar refractivity (Wildman–Crippen MR) is 100 cm³/mol. The first-order valence-electron chi connectivity index (χ1n) is 7.95. The number of halogens is 1. The van der Waals surface area contributed by atoms with Gasteiger partial charge in [-0.2, -0.15) is 5.26 Å². The molecular formula is C19H20BrN3O2. The fourth-order valence-electron chi connectivity index (χ4n) is 2.81. The van der Waals surface area contributed by atoms with E-state index in [1.54, 1.807) is 25.8 Å². The molecule has 5 nitrogen and oxygen atoms in total. The summed E-state index contributed by atoms with van der Waals surface area (Å²) in [7, 11) is 1.77. The van der Waals surface area contributed by atoms with Gasteiger partial charge in [0.05, 0.1) is 0 Å². The summed E-state index contributed by atoms with van der Waals surface area (Å²) >= 11 is 3.49. The maximum absolute atomic E-state index is 12.4. The molecule has 0 fully saturated rings. The van der Waals surface area contributed by atoms with E-state index in [9.17, 15) is 9.59 Å². The van der Waals surface area contributed by atoms with E-state index >= 15 is 0 Å². The van der Waals surface area contributed by atoms with Crippen molar-refractivity contribution in [3.05, 3.63) is 67.0 Å². The highest BCUT2D eigenvalue weighted by Crippen LogP contribution is 2.19. The lowest BCUT2D eigenvalue weighted by molar-refractivity contribution is -0.130. The van der Waals surface area contributed by atoms with Gasteiger partial charge in [0, 0.05) is 30.2 Å². The lowest BCUT2D eigenvalue weighted by Crippen LogP contribution is -2.27. The number of benzene rings is 1. The Morgan fingerprint density at radius 2 is 2.00 bits per heavy atom. The van der Waals surface area contributed by atoms with Crippen molar-refractivity contribution in [1.82, 2.24) is 9.88 Å². The summed E-state index contributed by atoms with van der Waals surface area (Å²) in [5, 5.41) is 9.12. The largest absolute Gasteiger partial charge is 0.341 e. The maximum atomic E-state index is 12.4. The molecule has 1 amide bonds. The Kier molecular flexibility index (Phi) is 6.16. The summed E-state index contributed by atoms with van der Waals surface area (Å²) in [6.45, 7) is 4.07. The molecule has 6 heteroatoms. The Labute approximate surface area is 155 Å². The average molecular weight is 402 g/mol. The van der Waals surface area contributed by atoms with E-state index in [1.165, 1.54) is 0 Å². The van der Waals surface area contributed by atoms with Crippen LogP contribution < -0.4 is 5.56 Å². The van der Waals surface area contributed by atoms with Crippen LogP contribution in [-0.2, 0) is 17.8 Å². The Balaban J connectivity index is 2.09. The number of aryl methyl sites for hydroxylation is 1. The van der Waals surface area contributed by atoms with Crippen molar-refractivity contribution in [2.75, 3.05) is 7.05 Å². The van der Waals surface area contributed by atoms with E-state index in [4.69, 9.17) is 5.26 Å². The first-order valence-corrected chi connectivity index (χ1v) is 8.74. The van der Waals surface area contributed by atoms with Gasteiger partial charge in [0.25, 0.3) is 5.56 Å². The highest BCUT2D eigenvalue weighted by Gasteiger charge is 2.15. The molecule has 25 heavy (non-hydrogen) atoms. The molecule has 0 aliphatic carbocycles. The molecule has 0 atom stereocenters. The third-order valence-electron chi connectivity index (χ3n) is 4.30.